The van der Waals surface area contributed by atoms with Crippen LogP contribution in [0.2, 0.25) is 0 Å². The van der Waals surface area contributed by atoms with Gasteiger partial charge in [0.2, 0.25) is 5.91 Å². The molecule has 2 saturated heterocycles. The van der Waals surface area contributed by atoms with Gasteiger partial charge in [-0.2, -0.15) is 0 Å². The first kappa shape index (κ1) is 17.0. The average Bonchev–Trinajstić information content (AvgIpc) is 3.17. The van der Waals surface area contributed by atoms with Gasteiger partial charge in [0.25, 0.3) is 0 Å². The molecule has 0 spiro atoms. The SMILES string of the molecule is CC[C@@H](C)[C@H](NC(=O)OC)C(=O)N1CCC[C@H]1C1OC1NC. The molecule has 2 unspecified atom stereocenters. The Balaban J connectivity index is 2.06. The van der Waals surface area contributed by atoms with E-state index in [0.29, 0.717) is 0 Å². The molecule has 0 radical (unpaired) electrons. The normalized spacial score (nSPS) is 29.8. The van der Waals surface area contributed by atoms with Crippen LogP contribution in [0.1, 0.15) is 33.1 Å². The zero-order valence-electron chi connectivity index (χ0n) is 13.8. The minimum absolute atomic E-state index is 0.0346. The second kappa shape index (κ2) is 7.28. The molecule has 2 N–H and O–H groups in total. The van der Waals surface area contributed by atoms with Gasteiger partial charge in [0.1, 0.15) is 18.4 Å². The Morgan fingerprint density at radius 3 is 2.73 bits per heavy atom. The predicted molar refractivity (Wildman–Crippen MR) is 81.2 cm³/mol. The van der Waals surface area contributed by atoms with Crippen LogP contribution in [0, 0.1) is 5.92 Å². The lowest BCUT2D eigenvalue weighted by Gasteiger charge is -2.31. The molecule has 126 valence electrons. The van der Waals surface area contributed by atoms with Crippen LogP contribution < -0.4 is 10.6 Å². The number of rotatable bonds is 6. The lowest BCUT2D eigenvalue weighted by atomic mass is 9.97. The van der Waals surface area contributed by atoms with Crippen LogP contribution in [0.3, 0.4) is 0 Å². The quantitative estimate of drug-likeness (QED) is 0.705. The zero-order valence-corrected chi connectivity index (χ0v) is 13.8. The molecule has 2 amide bonds. The van der Waals surface area contributed by atoms with Crippen LogP contribution in [0.15, 0.2) is 0 Å². The second-order valence-electron chi connectivity index (χ2n) is 6.05. The van der Waals surface area contributed by atoms with Crippen LogP contribution >= 0.6 is 0 Å². The van der Waals surface area contributed by atoms with Crippen molar-refractivity contribution in [1.29, 1.82) is 0 Å². The van der Waals surface area contributed by atoms with Crippen LogP contribution in [0.5, 0.6) is 0 Å². The van der Waals surface area contributed by atoms with E-state index in [4.69, 9.17) is 4.74 Å². The van der Waals surface area contributed by atoms with E-state index in [1.165, 1.54) is 7.11 Å². The highest BCUT2D eigenvalue weighted by Gasteiger charge is 2.50. The summed E-state index contributed by atoms with van der Waals surface area (Å²) >= 11 is 0. The summed E-state index contributed by atoms with van der Waals surface area (Å²) in [5.41, 5.74) is 0. The first-order valence-electron chi connectivity index (χ1n) is 8.01. The van der Waals surface area contributed by atoms with Crippen molar-refractivity contribution in [2.45, 2.75) is 57.5 Å². The van der Waals surface area contributed by atoms with Crippen molar-refractivity contribution in [3.05, 3.63) is 0 Å². The van der Waals surface area contributed by atoms with E-state index >= 15 is 0 Å². The molecule has 0 aromatic rings. The number of nitrogens with one attached hydrogen (secondary N) is 2. The standard InChI is InChI=1S/C15H27N3O4/c1-5-9(2)11(17-15(20)21-4)14(19)18-8-6-7-10(18)12-13(16-3)22-12/h9-13,16H,5-8H2,1-4H3,(H,17,20)/t9-,10+,11+,12?,13?/m1/s1. The lowest BCUT2D eigenvalue weighted by Crippen LogP contribution is -2.54. The summed E-state index contributed by atoms with van der Waals surface area (Å²) in [7, 11) is 3.16. The summed E-state index contributed by atoms with van der Waals surface area (Å²) in [5.74, 6) is 0.0145. The number of nitrogens with zero attached hydrogens (tertiary/aromatic N) is 1. The minimum Gasteiger partial charge on any atom is -0.453 e. The van der Waals surface area contributed by atoms with Gasteiger partial charge in [-0.25, -0.2) is 4.79 Å². The molecule has 0 aliphatic carbocycles. The fourth-order valence-electron chi connectivity index (χ4n) is 3.10. The molecule has 2 aliphatic heterocycles. The summed E-state index contributed by atoms with van der Waals surface area (Å²) in [5, 5.41) is 5.77. The maximum atomic E-state index is 12.9. The lowest BCUT2D eigenvalue weighted by molar-refractivity contribution is -0.135. The van der Waals surface area contributed by atoms with Gasteiger partial charge in [-0.1, -0.05) is 20.3 Å². The first-order valence-corrected chi connectivity index (χ1v) is 8.01. The first-order chi connectivity index (χ1) is 10.5. The molecule has 2 rings (SSSR count). The van der Waals surface area contributed by atoms with E-state index in [1.807, 2.05) is 25.8 Å². The van der Waals surface area contributed by atoms with Gasteiger partial charge >= 0.3 is 6.09 Å². The highest BCUT2D eigenvalue weighted by molar-refractivity contribution is 5.86. The molecule has 5 atom stereocenters. The summed E-state index contributed by atoms with van der Waals surface area (Å²) in [6, 6.07) is -0.458. The van der Waals surface area contributed by atoms with Crippen molar-refractivity contribution in [3.63, 3.8) is 0 Å². The summed E-state index contributed by atoms with van der Waals surface area (Å²) in [6.45, 7) is 4.69. The number of carbonyl (C=O) groups excluding carboxylic acids is 2. The van der Waals surface area contributed by atoms with Crippen LogP contribution in [0.25, 0.3) is 0 Å². The van der Waals surface area contributed by atoms with Crippen LogP contribution in [0.4, 0.5) is 4.79 Å². The number of amides is 2. The van der Waals surface area contributed by atoms with Gasteiger partial charge in [0.15, 0.2) is 0 Å². The smallest absolute Gasteiger partial charge is 0.407 e. The molecular weight excluding hydrogens is 286 g/mol. The summed E-state index contributed by atoms with van der Waals surface area (Å²) < 4.78 is 10.2. The Morgan fingerprint density at radius 1 is 1.45 bits per heavy atom. The van der Waals surface area contributed by atoms with Crippen LogP contribution in [-0.4, -0.2) is 62.0 Å². The Bertz CT molecular complexity index is 418. The number of likely N-dealkylation sites (tertiary alicyclic amines) is 1. The van der Waals surface area contributed by atoms with E-state index in [9.17, 15) is 9.59 Å². The van der Waals surface area contributed by atoms with Gasteiger partial charge in [0, 0.05) is 6.54 Å². The third-order valence-electron chi connectivity index (χ3n) is 4.71. The van der Waals surface area contributed by atoms with Gasteiger partial charge in [-0.15, -0.1) is 0 Å². The number of ether oxygens (including phenoxy) is 2. The number of epoxide rings is 1. The van der Waals surface area contributed by atoms with Crippen molar-refractivity contribution in [2.24, 2.45) is 5.92 Å². The molecule has 7 heteroatoms. The number of likely N-dealkylation sites (N-methyl/N-ethyl adjacent to an activating group) is 1. The molecule has 0 aromatic carbocycles. The van der Waals surface area contributed by atoms with Gasteiger partial charge in [-0.3, -0.25) is 10.1 Å². The zero-order chi connectivity index (χ0) is 16.3. The molecule has 0 aromatic heterocycles. The van der Waals surface area contributed by atoms with Gasteiger partial charge in [-0.05, 0) is 25.8 Å². The van der Waals surface area contributed by atoms with E-state index in [1.54, 1.807) is 0 Å². The van der Waals surface area contributed by atoms with E-state index in [0.717, 1.165) is 25.8 Å². The van der Waals surface area contributed by atoms with Gasteiger partial charge < -0.3 is 19.7 Å². The number of carbonyl (C=O) groups is 2. The maximum absolute atomic E-state index is 12.9. The largest absolute Gasteiger partial charge is 0.453 e. The average molecular weight is 313 g/mol. The van der Waals surface area contributed by atoms with Gasteiger partial charge in [0.05, 0.1) is 13.2 Å². The monoisotopic (exact) mass is 313 g/mol. The van der Waals surface area contributed by atoms with E-state index in [-0.39, 0.29) is 30.2 Å². The Labute approximate surface area is 131 Å². The van der Waals surface area contributed by atoms with E-state index in [2.05, 4.69) is 15.4 Å². The molecule has 0 bridgehead atoms. The summed E-state index contributed by atoms with van der Waals surface area (Å²) in [4.78, 5) is 26.3. The Kier molecular flexibility index (Phi) is 5.63. The molecule has 22 heavy (non-hydrogen) atoms. The minimum atomic E-state index is -0.565. The topological polar surface area (TPSA) is 83.2 Å². The Hall–Kier alpha value is -1.34. The van der Waals surface area contributed by atoms with Crippen molar-refractivity contribution in [2.75, 3.05) is 20.7 Å². The van der Waals surface area contributed by atoms with Crippen LogP contribution in [-0.2, 0) is 14.3 Å². The number of hydrogen-bond donors (Lipinski definition) is 2. The number of methoxy groups -OCH3 is 1. The maximum Gasteiger partial charge on any atom is 0.407 e. The number of hydrogen-bond acceptors (Lipinski definition) is 5. The number of alkyl carbamates (subject to hydrolysis) is 1. The highest BCUT2D eigenvalue weighted by atomic mass is 16.6. The molecule has 2 fully saturated rings. The third kappa shape index (κ3) is 3.52. The molecule has 2 aliphatic rings. The Morgan fingerprint density at radius 2 is 2.18 bits per heavy atom. The molecular formula is C15H27N3O4. The second-order valence-corrected chi connectivity index (χ2v) is 6.05. The predicted octanol–water partition coefficient (Wildman–Crippen LogP) is 0.692. The molecule has 0 saturated carbocycles. The fraction of sp³-hybridized carbons (Fsp3) is 0.867. The van der Waals surface area contributed by atoms with Crippen molar-refractivity contribution in [3.8, 4) is 0 Å². The summed E-state index contributed by atoms with van der Waals surface area (Å²) in [6.07, 6.45) is 2.25. The van der Waals surface area contributed by atoms with Crippen molar-refractivity contribution < 1.29 is 19.1 Å². The fourth-order valence-corrected chi connectivity index (χ4v) is 3.10. The molecule has 2 heterocycles. The molecule has 7 nitrogen and oxygen atoms in total. The van der Waals surface area contributed by atoms with Crippen molar-refractivity contribution in [1.82, 2.24) is 15.5 Å². The third-order valence-corrected chi connectivity index (χ3v) is 4.71. The van der Waals surface area contributed by atoms with E-state index < -0.39 is 12.1 Å². The highest BCUT2D eigenvalue weighted by Crippen LogP contribution is 2.33. The van der Waals surface area contributed by atoms with Crippen molar-refractivity contribution >= 4 is 12.0 Å².